The van der Waals surface area contributed by atoms with Gasteiger partial charge in [0.15, 0.2) is 0 Å². The summed E-state index contributed by atoms with van der Waals surface area (Å²) in [4.78, 5) is 17.9. The molecule has 2 heterocycles. The summed E-state index contributed by atoms with van der Waals surface area (Å²) in [6.07, 6.45) is 0. The average molecular weight is 223 g/mol. The molecule has 0 saturated heterocycles. The number of carbonyl (C=O) groups is 1. The number of thiophene rings is 1. The summed E-state index contributed by atoms with van der Waals surface area (Å²) in [5, 5.41) is 2.74. The van der Waals surface area contributed by atoms with Gasteiger partial charge in [0, 0.05) is 10.3 Å². The van der Waals surface area contributed by atoms with Crippen LogP contribution in [-0.4, -0.2) is 10.8 Å². The van der Waals surface area contributed by atoms with Crippen molar-refractivity contribution in [1.29, 1.82) is 0 Å². The largest absolute Gasteiger partial charge is 0.286 e. The van der Waals surface area contributed by atoms with Crippen LogP contribution in [0.4, 0.5) is 0 Å². The lowest BCUT2D eigenvalue weighted by Crippen LogP contribution is -1.98. The van der Waals surface area contributed by atoms with Crippen molar-refractivity contribution in [2.45, 2.75) is 13.8 Å². The van der Waals surface area contributed by atoms with Gasteiger partial charge in [-0.1, -0.05) is 0 Å². The van der Waals surface area contributed by atoms with Gasteiger partial charge in [0.05, 0.1) is 9.88 Å². The van der Waals surface area contributed by atoms with Crippen molar-refractivity contribution in [1.82, 2.24) is 4.98 Å². The van der Waals surface area contributed by atoms with Gasteiger partial charge in [-0.25, -0.2) is 4.98 Å². The molecule has 0 spiro atoms. The monoisotopic (exact) mass is 223 g/mol. The van der Waals surface area contributed by atoms with Crippen molar-refractivity contribution in [3.8, 4) is 0 Å². The Labute approximate surface area is 90.2 Å². The number of hydrogen-bond acceptors (Lipinski definition) is 4. The minimum Gasteiger partial charge on any atom is -0.286 e. The predicted octanol–water partition coefficient (Wildman–Crippen LogP) is 3.05. The molecule has 0 aromatic carbocycles. The molecule has 0 aliphatic rings. The van der Waals surface area contributed by atoms with Crippen LogP contribution in [0.3, 0.4) is 0 Å². The Hall–Kier alpha value is -1.00. The van der Waals surface area contributed by atoms with Gasteiger partial charge in [-0.15, -0.1) is 22.7 Å². The highest BCUT2D eigenvalue weighted by Gasteiger charge is 2.13. The fourth-order valence-electron chi connectivity index (χ4n) is 1.15. The van der Waals surface area contributed by atoms with Crippen LogP contribution in [0.1, 0.15) is 25.3 Å². The summed E-state index contributed by atoms with van der Waals surface area (Å²) in [5.74, 6) is 0.0347. The van der Waals surface area contributed by atoms with Gasteiger partial charge in [0.1, 0.15) is 5.69 Å². The van der Waals surface area contributed by atoms with Crippen LogP contribution < -0.4 is 0 Å². The van der Waals surface area contributed by atoms with E-state index in [9.17, 15) is 4.79 Å². The first-order valence-corrected chi connectivity index (χ1v) is 5.89. The Morgan fingerprint density at radius 2 is 2.14 bits per heavy atom. The molecule has 2 aromatic rings. The Bertz CT molecular complexity index is 428. The third kappa shape index (κ3) is 1.76. The van der Waals surface area contributed by atoms with Gasteiger partial charge in [0.25, 0.3) is 0 Å². The molecule has 0 N–H and O–H groups in total. The fraction of sp³-hybridized carbons (Fsp3) is 0.200. The van der Waals surface area contributed by atoms with Crippen LogP contribution in [0.5, 0.6) is 0 Å². The van der Waals surface area contributed by atoms with Gasteiger partial charge in [-0.2, -0.15) is 0 Å². The lowest BCUT2D eigenvalue weighted by Gasteiger charge is -1.90. The van der Waals surface area contributed by atoms with E-state index in [-0.39, 0.29) is 5.78 Å². The number of nitrogens with zero attached hydrogens (tertiary/aromatic N) is 1. The lowest BCUT2D eigenvalue weighted by atomic mass is 10.2. The Morgan fingerprint density at radius 1 is 1.36 bits per heavy atom. The molecule has 0 aliphatic heterocycles. The summed E-state index contributed by atoms with van der Waals surface area (Å²) in [7, 11) is 0. The fourth-order valence-corrected chi connectivity index (χ4v) is 2.56. The molecule has 4 heteroatoms. The standard InChI is InChI=1S/C10H9NOS2/c1-6-3-4-9(14-6)10(12)8-5-13-7(2)11-8/h3-5H,1-2H3. The second kappa shape index (κ2) is 3.63. The Balaban J connectivity index is 2.33. The van der Waals surface area contributed by atoms with Gasteiger partial charge < -0.3 is 0 Å². The molecule has 2 nitrogen and oxygen atoms in total. The highest BCUT2D eigenvalue weighted by molar-refractivity contribution is 7.14. The molecule has 0 amide bonds. The SMILES string of the molecule is Cc1ccc(C(=O)c2csc(C)n2)s1. The Morgan fingerprint density at radius 3 is 2.64 bits per heavy atom. The molecular formula is C10H9NOS2. The number of rotatable bonds is 2. The minimum atomic E-state index is 0.0347. The molecule has 2 rings (SSSR count). The second-order valence-corrected chi connectivity index (χ2v) is 5.34. The summed E-state index contributed by atoms with van der Waals surface area (Å²) < 4.78 is 0. The van der Waals surface area contributed by atoms with Crippen LogP contribution >= 0.6 is 22.7 Å². The maximum Gasteiger partial charge on any atom is 0.222 e. The number of hydrogen-bond donors (Lipinski definition) is 0. The molecule has 0 fully saturated rings. The quantitative estimate of drug-likeness (QED) is 0.732. The minimum absolute atomic E-state index is 0.0347. The first kappa shape index (κ1) is 9.55. The van der Waals surface area contributed by atoms with Crippen LogP contribution in [0, 0.1) is 13.8 Å². The summed E-state index contributed by atoms with van der Waals surface area (Å²) in [5.41, 5.74) is 0.564. The molecule has 0 radical (unpaired) electrons. The van der Waals surface area contributed by atoms with Crippen molar-refractivity contribution in [2.24, 2.45) is 0 Å². The second-order valence-electron chi connectivity index (χ2n) is 2.99. The predicted molar refractivity (Wildman–Crippen MR) is 59.3 cm³/mol. The molecule has 0 unspecified atom stereocenters. The zero-order chi connectivity index (χ0) is 10.1. The summed E-state index contributed by atoms with van der Waals surface area (Å²) >= 11 is 3.02. The third-order valence-corrected chi connectivity index (χ3v) is 3.59. The highest BCUT2D eigenvalue weighted by Crippen LogP contribution is 2.20. The molecule has 0 bridgehead atoms. The van der Waals surface area contributed by atoms with Gasteiger partial charge in [0.2, 0.25) is 5.78 Å². The number of carbonyl (C=O) groups excluding carboxylic acids is 1. The molecule has 0 atom stereocenters. The van der Waals surface area contributed by atoms with E-state index in [1.807, 2.05) is 31.4 Å². The summed E-state index contributed by atoms with van der Waals surface area (Å²) in [6.45, 7) is 3.90. The number of thiazole rings is 1. The van der Waals surface area contributed by atoms with Crippen molar-refractivity contribution >= 4 is 28.5 Å². The first-order valence-electron chi connectivity index (χ1n) is 4.20. The van der Waals surface area contributed by atoms with E-state index < -0.39 is 0 Å². The summed E-state index contributed by atoms with van der Waals surface area (Å²) in [6, 6.07) is 3.81. The van der Waals surface area contributed by atoms with Crippen LogP contribution in [0.15, 0.2) is 17.5 Å². The molecule has 14 heavy (non-hydrogen) atoms. The van der Waals surface area contributed by atoms with Gasteiger partial charge in [-0.05, 0) is 26.0 Å². The third-order valence-electron chi connectivity index (χ3n) is 1.82. The smallest absolute Gasteiger partial charge is 0.222 e. The highest BCUT2D eigenvalue weighted by atomic mass is 32.1. The van der Waals surface area contributed by atoms with Crippen molar-refractivity contribution in [3.63, 3.8) is 0 Å². The molecule has 2 aromatic heterocycles. The normalized spacial score (nSPS) is 10.4. The van der Waals surface area contributed by atoms with Crippen molar-refractivity contribution in [3.05, 3.63) is 38.0 Å². The zero-order valence-electron chi connectivity index (χ0n) is 7.90. The van der Waals surface area contributed by atoms with E-state index in [2.05, 4.69) is 4.98 Å². The van der Waals surface area contributed by atoms with Crippen LogP contribution in [0.25, 0.3) is 0 Å². The molecular weight excluding hydrogens is 214 g/mol. The van der Waals surface area contributed by atoms with E-state index in [0.29, 0.717) is 5.69 Å². The van der Waals surface area contributed by atoms with Crippen molar-refractivity contribution in [2.75, 3.05) is 0 Å². The van der Waals surface area contributed by atoms with Gasteiger partial charge in [-0.3, -0.25) is 4.79 Å². The maximum absolute atomic E-state index is 11.8. The topological polar surface area (TPSA) is 30.0 Å². The van der Waals surface area contributed by atoms with Crippen LogP contribution in [0.2, 0.25) is 0 Å². The maximum atomic E-state index is 11.8. The average Bonchev–Trinajstić information content (AvgIpc) is 2.73. The zero-order valence-corrected chi connectivity index (χ0v) is 9.54. The Kier molecular flexibility index (Phi) is 2.48. The van der Waals surface area contributed by atoms with E-state index in [4.69, 9.17) is 0 Å². The lowest BCUT2D eigenvalue weighted by molar-refractivity contribution is 0.103. The van der Waals surface area contributed by atoms with Crippen LogP contribution in [-0.2, 0) is 0 Å². The van der Waals surface area contributed by atoms with Crippen molar-refractivity contribution < 1.29 is 4.79 Å². The van der Waals surface area contributed by atoms with E-state index in [0.717, 1.165) is 14.8 Å². The van der Waals surface area contributed by atoms with E-state index in [1.54, 1.807) is 0 Å². The van der Waals surface area contributed by atoms with E-state index in [1.165, 1.54) is 22.7 Å². The number of ketones is 1. The molecule has 0 saturated carbocycles. The van der Waals surface area contributed by atoms with Gasteiger partial charge >= 0.3 is 0 Å². The first-order chi connectivity index (χ1) is 6.66. The molecule has 0 aliphatic carbocycles. The number of aryl methyl sites for hydroxylation is 2. The van der Waals surface area contributed by atoms with E-state index >= 15 is 0 Å². The molecule has 72 valence electrons. The number of aromatic nitrogens is 1.